The van der Waals surface area contributed by atoms with Crippen molar-refractivity contribution in [1.29, 1.82) is 0 Å². The third-order valence-corrected chi connectivity index (χ3v) is 3.47. The number of nitrogen functional groups attached to an aromatic ring is 1. The lowest BCUT2D eigenvalue weighted by molar-refractivity contribution is 0.0602. The van der Waals surface area contributed by atoms with Gasteiger partial charge < -0.3 is 15.2 Å². The molecule has 0 atom stereocenters. The van der Waals surface area contributed by atoms with E-state index in [2.05, 4.69) is 25.9 Å². The average Bonchev–Trinajstić information content (AvgIpc) is 2.95. The first-order valence-corrected chi connectivity index (χ1v) is 7.48. The summed E-state index contributed by atoms with van der Waals surface area (Å²) in [6.45, 7) is 3.98. The van der Waals surface area contributed by atoms with Crippen molar-refractivity contribution in [1.82, 2.24) is 19.7 Å². The summed E-state index contributed by atoms with van der Waals surface area (Å²) in [4.78, 5) is 19.9. The number of nitrogens with two attached hydrogens (primary N) is 1. The molecule has 25 heavy (non-hydrogen) atoms. The molecule has 3 aromatic rings. The van der Waals surface area contributed by atoms with Crippen molar-refractivity contribution in [3.05, 3.63) is 53.5 Å². The number of anilines is 1. The Labute approximate surface area is 144 Å². The molecule has 0 spiro atoms. The molecule has 0 aliphatic rings. The topological polar surface area (TPSA) is 105 Å². The first-order valence-electron chi connectivity index (χ1n) is 7.48. The number of hydrogen-bond donors (Lipinski definition) is 1. The van der Waals surface area contributed by atoms with Crippen molar-refractivity contribution in [3.8, 4) is 17.4 Å². The molecule has 0 bridgehead atoms. The molecular weight excluding hydrogens is 322 g/mol. The molecule has 8 heteroatoms. The van der Waals surface area contributed by atoms with Gasteiger partial charge in [0.25, 0.3) is 0 Å². The highest BCUT2D eigenvalue weighted by Crippen LogP contribution is 2.24. The number of benzene rings is 1. The summed E-state index contributed by atoms with van der Waals surface area (Å²) in [7, 11) is 1.28. The summed E-state index contributed by atoms with van der Waals surface area (Å²) >= 11 is 0. The average molecular weight is 339 g/mol. The molecule has 0 amide bonds. The van der Waals surface area contributed by atoms with Crippen molar-refractivity contribution < 1.29 is 14.3 Å². The zero-order chi connectivity index (χ0) is 18.0. The summed E-state index contributed by atoms with van der Waals surface area (Å²) in [5.41, 5.74) is 8.29. The zero-order valence-corrected chi connectivity index (χ0v) is 14.1. The van der Waals surface area contributed by atoms with Crippen LogP contribution in [0.15, 0.2) is 36.8 Å². The van der Waals surface area contributed by atoms with Crippen molar-refractivity contribution in [2.75, 3.05) is 12.8 Å². The van der Waals surface area contributed by atoms with E-state index >= 15 is 0 Å². The van der Waals surface area contributed by atoms with E-state index in [1.165, 1.54) is 24.3 Å². The molecule has 0 saturated carbocycles. The molecule has 0 unspecified atom stereocenters. The Balaban J connectivity index is 1.92. The zero-order valence-electron chi connectivity index (χ0n) is 14.1. The number of methoxy groups -OCH3 is 1. The highest BCUT2D eigenvalue weighted by molar-refractivity contribution is 5.94. The lowest BCUT2D eigenvalue weighted by Crippen LogP contribution is -2.08. The van der Waals surface area contributed by atoms with Gasteiger partial charge in [0.05, 0.1) is 13.3 Å². The quantitative estimate of drug-likeness (QED) is 0.728. The fraction of sp³-hybridized carbons (Fsp3) is 0.176. The number of aromatic nitrogens is 4. The Hall–Kier alpha value is -3.42. The molecule has 3 rings (SSSR count). The SMILES string of the molecule is COC(=O)c1cnn(-c2cc(Oc3cc(C)cc(C)c3)ncn2)c1N. The minimum atomic E-state index is -0.565. The van der Waals surface area contributed by atoms with Gasteiger partial charge in [0.2, 0.25) is 5.88 Å². The van der Waals surface area contributed by atoms with Crippen molar-refractivity contribution in [2.45, 2.75) is 13.8 Å². The molecule has 0 aliphatic heterocycles. The Morgan fingerprint density at radius 2 is 1.84 bits per heavy atom. The van der Waals surface area contributed by atoms with Crippen molar-refractivity contribution >= 4 is 11.8 Å². The van der Waals surface area contributed by atoms with Crippen LogP contribution in [0.3, 0.4) is 0 Å². The van der Waals surface area contributed by atoms with Gasteiger partial charge in [0.1, 0.15) is 23.5 Å². The fourth-order valence-corrected chi connectivity index (χ4v) is 2.42. The lowest BCUT2D eigenvalue weighted by atomic mass is 10.1. The second-order valence-corrected chi connectivity index (χ2v) is 5.49. The van der Waals surface area contributed by atoms with E-state index in [9.17, 15) is 4.79 Å². The van der Waals surface area contributed by atoms with Gasteiger partial charge in [-0.25, -0.2) is 14.8 Å². The Bertz CT molecular complexity index is 916. The minimum Gasteiger partial charge on any atom is -0.465 e. The Morgan fingerprint density at radius 3 is 2.52 bits per heavy atom. The van der Waals surface area contributed by atoms with Gasteiger partial charge >= 0.3 is 5.97 Å². The molecule has 0 fully saturated rings. The summed E-state index contributed by atoms with van der Waals surface area (Å²) < 4.78 is 11.8. The number of carbonyl (C=O) groups excluding carboxylic acids is 1. The van der Waals surface area contributed by atoms with Crippen molar-refractivity contribution in [3.63, 3.8) is 0 Å². The van der Waals surface area contributed by atoms with Gasteiger partial charge in [-0.1, -0.05) is 6.07 Å². The van der Waals surface area contributed by atoms with Gasteiger partial charge in [-0.2, -0.15) is 9.78 Å². The third kappa shape index (κ3) is 3.42. The summed E-state index contributed by atoms with van der Waals surface area (Å²) in [6, 6.07) is 7.46. The lowest BCUT2D eigenvalue weighted by Gasteiger charge is -2.08. The second kappa shape index (κ2) is 6.60. The monoisotopic (exact) mass is 339 g/mol. The van der Waals surface area contributed by atoms with E-state index in [0.29, 0.717) is 17.4 Å². The minimum absolute atomic E-state index is 0.128. The maximum atomic E-state index is 11.6. The van der Waals surface area contributed by atoms with Crippen LogP contribution in [0.5, 0.6) is 11.6 Å². The van der Waals surface area contributed by atoms with E-state index in [1.807, 2.05) is 26.0 Å². The van der Waals surface area contributed by atoms with Gasteiger partial charge in [0.15, 0.2) is 5.82 Å². The smallest absolute Gasteiger partial charge is 0.343 e. The first kappa shape index (κ1) is 16.4. The van der Waals surface area contributed by atoms with Crippen LogP contribution < -0.4 is 10.5 Å². The van der Waals surface area contributed by atoms with E-state index < -0.39 is 5.97 Å². The van der Waals surface area contributed by atoms with Crippen molar-refractivity contribution in [2.24, 2.45) is 0 Å². The molecular formula is C17H17N5O3. The van der Waals surface area contributed by atoms with Crippen LogP contribution in [0.4, 0.5) is 5.82 Å². The fourth-order valence-electron chi connectivity index (χ4n) is 2.42. The predicted molar refractivity (Wildman–Crippen MR) is 90.9 cm³/mol. The van der Waals surface area contributed by atoms with Gasteiger partial charge in [-0.15, -0.1) is 0 Å². The number of aryl methyl sites for hydroxylation is 2. The van der Waals surface area contributed by atoms with Crippen LogP contribution >= 0.6 is 0 Å². The van der Waals surface area contributed by atoms with Gasteiger partial charge in [-0.3, -0.25) is 0 Å². The van der Waals surface area contributed by atoms with E-state index in [4.69, 9.17) is 10.5 Å². The maximum Gasteiger partial charge on any atom is 0.343 e. The summed E-state index contributed by atoms with van der Waals surface area (Å²) in [5, 5.41) is 4.08. The third-order valence-electron chi connectivity index (χ3n) is 3.47. The molecule has 0 radical (unpaired) electrons. The first-order chi connectivity index (χ1) is 12.0. The van der Waals surface area contributed by atoms with Gasteiger partial charge in [-0.05, 0) is 37.1 Å². The molecule has 1 aromatic carbocycles. The number of hydrogen-bond acceptors (Lipinski definition) is 7. The highest BCUT2D eigenvalue weighted by Gasteiger charge is 2.17. The number of nitrogens with zero attached hydrogens (tertiary/aromatic N) is 4. The standard InChI is InChI=1S/C17H17N5O3/c1-10-4-11(2)6-12(5-10)25-15-7-14(19-9-20-15)22-16(18)13(8-21-22)17(23)24-3/h4-9H,18H2,1-3H3. The van der Waals surface area contributed by atoms with E-state index in [-0.39, 0.29) is 11.4 Å². The molecule has 2 heterocycles. The van der Waals surface area contributed by atoms with Gasteiger partial charge in [0, 0.05) is 6.07 Å². The summed E-state index contributed by atoms with van der Waals surface area (Å²) in [5.74, 6) is 0.949. The molecule has 0 aliphatic carbocycles. The van der Waals surface area contributed by atoms with Crippen LogP contribution in [0, 0.1) is 13.8 Å². The Kier molecular flexibility index (Phi) is 4.34. The van der Waals surface area contributed by atoms with Crippen LogP contribution in [-0.4, -0.2) is 32.8 Å². The number of rotatable bonds is 4. The largest absolute Gasteiger partial charge is 0.465 e. The summed E-state index contributed by atoms with van der Waals surface area (Å²) in [6.07, 6.45) is 2.67. The maximum absolute atomic E-state index is 11.6. The number of carbonyl (C=O) groups is 1. The Morgan fingerprint density at radius 1 is 1.12 bits per heavy atom. The highest BCUT2D eigenvalue weighted by atomic mass is 16.5. The van der Waals surface area contributed by atoms with Crippen LogP contribution in [0.1, 0.15) is 21.5 Å². The number of ether oxygens (including phenoxy) is 2. The molecule has 8 nitrogen and oxygen atoms in total. The molecule has 2 N–H and O–H groups in total. The molecule has 0 saturated heterocycles. The van der Waals surface area contributed by atoms with Crippen LogP contribution in [0.25, 0.3) is 5.82 Å². The predicted octanol–water partition coefficient (Wildman–Crippen LogP) is 2.44. The molecule has 128 valence electrons. The number of esters is 1. The van der Waals surface area contributed by atoms with E-state index in [0.717, 1.165) is 11.1 Å². The second-order valence-electron chi connectivity index (χ2n) is 5.49. The van der Waals surface area contributed by atoms with Crippen LogP contribution in [0.2, 0.25) is 0 Å². The normalized spacial score (nSPS) is 10.5. The van der Waals surface area contributed by atoms with Crippen LogP contribution in [-0.2, 0) is 4.74 Å². The molecule has 2 aromatic heterocycles. The van der Waals surface area contributed by atoms with E-state index in [1.54, 1.807) is 6.07 Å².